The van der Waals surface area contributed by atoms with Crippen LogP contribution < -0.4 is 0 Å². The van der Waals surface area contributed by atoms with Gasteiger partial charge < -0.3 is 18.3 Å². The predicted molar refractivity (Wildman–Crippen MR) is 402 cm³/mol. The summed E-state index contributed by atoms with van der Waals surface area (Å²) < 4.78 is 24.6. The van der Waals surface area contributed by atoms with Crippen molar-refractivity contribution in [2.45, 2.75) is 0 Å². The van der Waals surface area contributed by atoms with Crippen LogP contribution in [0, 0.1) is 5.82 Å². The number of hydrogen-bond donors (Lipinski definition) is 0. The first-order valence-electron chi connectivity index (χ1n) is 33.0. The zero-order chi connectivity index (χ0) is 63.8. The number of benzene rings is 15. The maximum Gasteiger partial charge on any atom is 0.160 e. The van der Waals surface area contributed by atoms with E-state index in [1.165, 1.54) is 38.6 Å². The molecule has 0 aliphatic carbocycles. The summed E-state index contributed by atoms with van der Waals surface area (Å²) in [5, 5.41) is 12.5. The van der Waals surface area contributed by atoms with E-state index in [2.05, 4.69) is 316 Å². The molecule has 0 fully saturated rings. The van der Waals surface area contributed by atoms with Crippen molar-refractivity contribution in [3.05, 3.63) is 339 Å². The number of hydrogen-bond acceptors (Lipinski definition) is 2. The van der Waals surface area contributed by atoms with Gasteiger partial charge in [-0.25, -0.2) is 14.4 Å². The van der Waals surface area contributed by atoms with Crippen molar-refractivity contribution >= 4 is 109 Å². The molecule has 15 aromatic carbocycles. The highest BCUT2D eigenvalue weighted by Crippen LogP contribution is 2.45. The average Bonchev–Trinajstić information content (AvgIpc) is 1.64. The minimum Gasteiger partial charge on any atom is -0.309 e. The molecule has 0 spiro atoms. The van der Waals surface area contributed by atoms with Crippen molar-refractivity contribution in [3.8, 4) is 78.8 Å². The summed E-state index contributed by atoms with van der Waals surface area (Å²) in [5.41, 5.74) is 22.7. The van der Waals surface area contributed by atoms with Crippen molar-refractivity contribution in [1.82, 2.24) is 28.2 Å². The summed E-state index contributed by atoms with van der Waals surface area (Å²) in [5.74, 6) is 0.280. The van der Waals surface area contributed by atoms with Gasteiger partial charge in [-0.15, -0.1) is 0 Å². The van der Waals surface area contributed by atoms with Crippen LogP contribution in [0.1, 0.15) is 0 Å². The maximum absolute atomic E-state index is 14.9. The second kappa shape index (κ2) is 21.5. The molecule has 0 N–H and O–H groups in total. The maximum atomic E-state index is 14.9. The fourth-order valence-corrected chi connectivity index (χ4v) is 15.6. The molecule has 0 aliphatic heterocycles. The van der Waals surface area contributed by atoms with Gasteiger partial charge in [-0.3, -0.25) is 0 Å². The van der Waals surface area contributed by atoms with Gasteiger partial charge in [0.05, 0.1) is 55.3 Å². The van der Waals surface area contributed by atoms with E-state index in [1.54, 1.807) is 12.1 Å². The second-order valence-corrected chi connectivity index (χ2v) is 25.4. The fourth-order valence-electron chi connectivity index (χ4n) is 15.6. The number of para-hydroxylation sites is 6. The third-order valence-corrected chi connectivity index (χ3v) is 19.9. The van der Waals surface area contributed by atoms with Crippen LogP contribution in [0.5, 0.6) is 0 Å². The highest BCUT2D eigenvalue weighted by Gasteiger charge is 2.24. The van der Waals surface area contributed by atoms with E-state index >= 15 is 0 Å². The molecule has 6 nitrogen and oxygen atoms in total. The smallest absolute Gasteiger partial charge is 0.160 e. The van der Waals surface area contributed by atoms with Crippen LogP contribution in [0.2, 0.25) is 0 Å². The number of rotatable bonds is 9. The van der Waals surface area contributed by atoms with Gasteiger partial charge in [0.25, 0.3) is 0 Å². The van der Waals surface area contributed by atoms with Crippen LogP contribution >= 0.6 is 0 Å². The third kappa shape index (κ3) is 8.65. The summed E-state index contributed by atoms with van der Waals surface area (Å²) in [4.78, 5) is 11.2. The summed E-state index contributed by atoms with van der Waals surface area (Å²) >= 11 is 0. The molecular formula is C90H55FN6. The Labute approximate surface area is 556 Å². The topological polar surface area (TPSA) is 45.5 Å². The third-order valence-electron chi connectivity index (χ3n) is 19.9. The van der Waals surface area contributed by atoms with Gasteiger partial charge in [0, 0.05) is 82.4 Å². The molecule has 20 rings (SSSR count). The lowest BCUT2D eigenvalue weighted by Gasteiger charge is -2.18. The normalized spacial score (nSPS) is 12.0. The van der Waals surface area contributed by atoms with Crippen LogP contribution in [0.15, 0.2) is 334 Å². The fraction of sp³-hybridized carbons (Fsp3) is 0. The minimum atomic E-state index is -0.288. The molecule has 0 atom stereocenters. The largest absolute Gasteiger partial charge is 0.309 e. The lowest BCUT2D eigenvalue weighted by Crippen LogP contribution is -2.02. The first kappa shape index (κ1) is 54.6. The molecule has 7 heteroatoms. The van der Waals surface area contributed by atoms with E-state index in [1.807, 2.05) is 18.2 Å². The summed E-state index contributed by atoms with van der Waals surface area (Å²) in [7, 11) is 0. The Bertz CT molecular complexity index is 6350. The van der Waals surface area contributed by atoms with E-state index in [-0.39, 0.29) is 5.82 Å². The number of fused-ring (bicyclic) bond motifs is 15. The SMILES string of the molecule is Fc1cccc(-c2cccc(-c3nc(-c4cc(-n5c6ccccc6c6ccc(-c7ccc8c(c7)c7ccccc7n8-c7ccccc7)cc65)cc(-n5c6ccccc6c6ccc(-c7ccc8c(c7)c7ccccc7n8-c7ccccc7)cc65)c4)c4c(ccc5ccccc54)n3)c2)c1. The summed E-state index contributed by atoms with van der Waals surface area (Å²) in [6, 6.07) is 119. The molecule has 0 unspecified atom stereocenters. The minimum absolute atomic E-state index is 0.288. The highest BCUT2D eigenvalue weighted by molar-refractivity contribution is 6.17. The molecule has 0 saturated carbocycles. The Morgan fingerprint density at radius 3 is 1.15 bits per heavy atom. The first-order chi connectivity index (χ1) is 48.0. The Hall–Kier alpha value is -13.0. The van der Waals surface area contributed by atoms with Gasteiger partial charge in [-0.1, -0.05) is 206 Å². The van der Waals surface area contributed by atoms with E-state index in [4.69, 9.17) is 9.97 Å². The standard InChI is InChI=1S/C90H55FN6/c91-65-23-18-21-58(48-65)57-20-17-22-63(47-57)90-92-79-44-39-56-19-7-8-28-70(56)88(79)89(93-90)64-49-68(96-80-33-13-9-29-71(80)75-42-37-61(53-86(75)96)59-40-45-84-77(51-59)73-31-11-15-35-82(73)94(84)66-24-3-1-4-25-66)55-69(50-64)97-81-34-14-10-30-72(81)76-43-38-62(54-87(76)97)60-41-46-85-78(52-60)74-32-12-16-36-83(74)95(85)67-26-5-2-6-27-67/h1-55H. The van der Waals surface area contributed by atoms with Gasteiger partial charge in [0.1, 0.15) is 5.82 Å². The Kier molecular flexibility index (Phi) is 12.1. The Morgan fingerprint density at radius 2 is 0.619 bits per heavy atom. The van der Waals surface area contributed by atoms with Crippen LogP contribution in [-0.2, 0) is 0 Å². The van der Waals surface area contributed by atoms with Crippen molar-refractivity contribution in [2.24, 2.45) is 0 Å². The molecule has 0 radical (unpaired) electrons. The Morgan fingerprint density at radius 1 is 0.216 bits per heavy atom. The number of halogens is 1. The van der Waals surface area contributed by atoms with Crippen LogP contribution in [-0.4, -0.2) is 28.2 Å². The first-order valence-corrected chi connectivity index (χ1v) is 33.0. The van der Waals surface area contributed by atoms with Gasteiger partial charge in [-0.05, 0) is 172 Å². The molecule has 5 heterocycles. The molecule has 0 saturated heterocycles. The van der Waals surface area contributed by atoms with Gasteiger partial charge >= 0.3 is 0 Å². The van der Waals surface area contributed by atoms with Gasteiger partial charge in [-0.2, -0.15) is 0 Å². The lowest BCUT2D eigenvalue weighted by molar-refractivity contribution is 0.628. The molecule has 0 bridgehead atoms. The van der Waals surface area contributed by atoms with Crippen molar-refractivity contribution < 1.29 is 4.39 Å². The van der Waals surface area contributed by atoms with Gasteiger partial charge in [0.2, 0.25) is 0 Å². The van der Waals surface area contributed by atoms with E-state index in [9.17, 15) is 4.39 Å². The zero-order valence-electron chi connectivity index (χ0n) is 52.3. The van der Waals surface area contributed by atoms with Crippen LogP contribution in [0.4, 0.5) is 4.39 Å². The van der Waals surface area contributed by atoms with Crippen LogP contribution in [0.25, 0.3) is 188 Å². The van der Waals surface area contributed by atoms with Gasteiger partial charge in [0.15, 0.2) is 5.82 Å². The molecule has 0 aliphatic rings. The molecule has 20 aromatic rings. The van der Waals surface area contributed by atoms with E-state index in [0.717, 1.165) is 149 Å². The monoisotopic (exact) mass is 1240 g/mol. The number of aromatic nitrogens is 6. The molecule has 97 heavy (non-hydrogen) atoms. The quantitative estimate of drug-likeness (QED) is 0.135. The summed E-state index contributed by atoms with van der Waals surface area (Å²) in [6.07, 6.45) is 0. The van der Waals surface area contributed by atoms with E-state index < -0.39 is 0 Å². The number of nitrogens with zero attached hydrogens (tertiary/aromatic N) is 6. The average molecular weight is 1240 g/mol. The highest BCUT2D eigenvalue weighted by atomic mass is 19.1. The molecule has 0 amide bonds. The summed E-state index contributed by atoms with van der Waals surface area (Å²) in [6.45, 7) is 0. The zero-order valence-corrected chi connectivity index (χ0v) is 52.3. The second-order valence-electron chi connectivity index (χ2n) is 25.4. The van der Waals surface area contributed by atoms with Crippen molar-refractivity contribution in [1.29, 1.82) is 0 Å². The van der Waals surface area contributed by atoms with Crippen molar-refractivity contribution in [2.75, 3.05) is 0 Å². The molecular weight excluding hydrogens is 1180 g/mol. The van der Waals surface area contributed by atoms with E-state index in [0.29, 0.717) is 5.82 Å². The molecule has 5 aromatic heterocycles. The Balaban J connectivity index is 0.849. The van der Waals surface area contributed by atoms with Crippen molar-refractivity contribution in [3.63, 3.8) is 0 Å². The lowest BCUT2D eigenvalue weighted by atomic mass is 9.98. The predicted octanol–water partition coefficient (Wildman–Crippen LogP) is 23.6. The molecule has 452 valence electrons. The van der Waals surface area contributed by atoms with Crippen LogP contribution in [0.3, 0.4) is 0 Å².